The van der Waals surface area contributed by atoms with Gasteiger partial charge in [0.05, 0.1) is 5.75 Å². The van der Waals surface area contributed by atoms with Crippen molar-refractivity contribution in [1.82, 2.24) is 5.32 Å². The summed E-state index contributed by atoms with van der Waals surface area (Å²) in [4.78, 5) is 0. The van der Waals surface area contributed by atoms with Gasteiger partial charge in [-0.1, -0.05) is 26.0 Å². The summed E-state index contributed by atoms with van der Waals surface area (Å²) in [5.41, 5.74) is 1.19. The smallest absolute Gasteiger partial charge is 0.150 e. The molecule has 1 aromatic carbocycles. The first-order chi connectivity index (χ1) is 8.87. The van der Waals surface area contributed by atoms with E-state index in [4.69, 9.17) is 4.74 Å². The van der Waals surface area contributed by atoms with Crippen LogP contribution in [0.5, 0.6) is 5.75 Å². The molecule has 1 N–H and O–H groups in total. The average molecular weight is 285 g/mol. The van der Waals surface area contributed by atoms with Gasteiger partial charge in [-0.05, 0) is 30.2 Å². The van der Waals surface area contributed by atoms with E-state index in [9.17, 15) is 8.42 Å². The molecule has 0 bridgehead atoms. The Labute approximate surface area is 116 Å². The van der Waals surface area contributed by atoms with Crippen LogP contribution in [-0.2, 0) is 16.4 Å². The molecule has 108 valence electrons. The first kappa shape index (κ1) is 16.0. The fourth-order valence-corrected chi connectivity index (χ4v) is 1.91. The van der Waals surface area contributed by atoms with E-state index >= 15 is 0 Å². The van der Waals surface area contributed by atoms with Crippen LogP contribution in [0.4, 0.5) is 0 Å². The fourth-order valence-electron chi connectivity index (χ4n) is 1.52. The Bertz CT molecular complexity index is 466. The number of hydrogen-bond acceptors (Lipinski definition) is 4. The molecule has 0 unspecified atom stereocenters. The molecular formula is C14H23NO3S. The molecule has 0 atom stereocenters. The number of sulfone groups is 1. The lowest BCUT2D eigenvalue weighted by molar-refractivity contribution is 0.341. The highest BCUT2D eigenvalue weighted by Gasteiger charge is 2.02. The van der Waals surface area contributed by atoms with Crippen molar-refractivity contribution < 1.29 is 13.2 Å². The summed E-state index contributed by atoms with van der Waals surface area (Å²) in [6.07, 6.45) is 1.21. The summed E-state index contributed by atoms with van der Waals surface area (Å²) >= 11 is 0. The van der Waals surface area contributed by atoms with E-state index in [2.05, 4.69) is 19.2 Å². The van der Waals surface area contributed by atoms with E-state index in [0.29, 0.717) is 11.7 Å². The highest BCUT2D eigenvalue weighted by atomic mass is 32.2. The van der Waals surface area contributed by atoms with E-state index in [1.54, 1.807) is 0 Å². The van der Waals surface area contributed by atoms with Crippen molar-refractivity contribution in [3.63, 3.8) is 0 Å². The SMILES string of the molecule is CC(C)CNCc1ccc(OCCS(C)(=O)=O)cc1. The third-order valence-electron chi connectivity index (χ3n) is 2.53. The lowest BCUT2D eigenvalue weighted by Gasteiger charge is -2.09. The molecule has 0 amide bonds. The molecule has 4 nitrogen and oxygen atoms in total. The first-order valence-corrected chi connectivity index (χ1v) is 8.53. The standard InChI is InChI=1S/C14H23NO3S/c1-12(2)10-15-11-13-4-6-14(7-5-13)18-8-9-19(3,16)17/h4-7,12,15H,8-11H2,1-3H3. The molecule has 0 saturated carbocycles. The summed E-state index contributed by atoms with van der Waals surface area (Å²) in [5.74, 6) is 1.39. The Hall–Kier alpha value is -1.07. The van der Waals surface area contributed by atoms with Gasteiger partial charge in [0, 0.05) is 12.8 Å². The van der Waals surface area contributed by atoms with Gasteiger partial charge < -0.3 is 10.1 Å². The Morgan fingerprint density at radius 3 is 2.37 bits per heavy atom. The second-order valence-corrected chi connectivity index (χ2v) is 7.41. The predicted molar refractivity (Wildman–Crippen MR) is 78.2 cm³/mol. The maximum absolute atomic E-state index is 11.0. The number of benzene rings is 1. The van der Waals surface area contributed by atoms with E-state index in [1.165, 1.54) is 11.8 Å². The lowest BCUT2D eigenvalue weighted by atomic mass is 10.2. The lowest BCUT2D eigenvalue weighted by Crippen LogP contribution is -2.18. The monoisotopic (exact) mass is 285 g/mol. The molecule has 5 heteroatoms. The van der Waals surface area contributed by atoms with E-state index < -0.39 is 9.84 Å². The number of rotatable bonds is 8. The highest BCUT2D eigenvalue weighted by molar-refractivity contribution is 7.90. The zero-order valence-electron chi connectivity index (χ0n) is 11.8. The van der Waals surface area contributed by atoms with Crippen LogP contribution in [0.2, 0.25) is 0 Å². The molecule has 0 fully saturated rings. The molecule has 19 heavy (non-hydrogen) atoms. The van der Waals surface area contributed by atoms with Gasteiger partial charge in [0.25, 0.3) is 0 Å². The van der Waals surface area contributed by atoms with Crippen LogP contribution in [0.1, 0.15) is 19.4 Å². The van der Waals surface area contributed by atoms with Crippen molar-refractivity contribution in [2.24, 2.45) is 5.92 Å². The maximum atomic E-state index is 11.0. The largest absolute Gasteiger partial charge is 0.493 e. The second-order valence-electron chi connectivity index (χ2n) is 5.15. The average Bonchev–Trinajstić information content (AvgIpc) is 2.29. The quantitative estimate of drug-likeness (QED) is 0.792. The minimum absolute atomic E-state index is 0.0463. The van der Waals surface area contributed by atoms with Crippen LogP contribution in [0.3, 0.4) is 0 Å². The third kappa shape index (κ3) is 7.85. The van der Waals surface area contributed by atoms with Crippen LogP contribution in [-0.4, -0.2) is 33.6 Å². The number of ether oxygens (including phenoxy) is 1. The molecule has 0 heterocycles. The van der Waals surface area contributed by atoms with Gasteiger partial charge in [-0.25, -0.2) is 8.42 Å². The molecular weight excluding hydrogens is 262 g/mol. The van der Waals surface area contributed by atoms with Crippen LogP contribution in [0, 0.1) is 5.92 Å². The third-order valence-corrected chi connectivity index (χ3v) is 3.44. The van der Waals surface area contributed by atoms with Crippen molar-refractivity contribution in [2.45, 2.75) is 20.4 Å². The van der Waals surface area contributed by atoms with Gasteiger partial charge in [-0.2, -0.15) is 0 Å². The van der Waals surface area contributed by atoms with Crippen LogP contribution < -0.4 is 10.1 Å². The van der Waals surface area contributed by atoms with Gasteiger partial charge in [-0.15, -0.1) is 0 Å². The zero-order chi connectivity index (χ0) is 14.3. The van der Waals surface area contributed by atoms with Crippen molar-refractivity contribution in [2.75, 3.05) is 25.2 Å². The zero-order valence-corrected chi connectivity index (χ0v) is 12.7. The number of hydrogen-bond donors (Lipinski definition) is 1. The molecule has 0 saturated heterocycles. The topological polar surface area (TPSA) is 55.4 Å². The van der Waals surface area contributed by atoms with Crippen molar-refractivity contribution in [1.29, 1.82) is 0 Å². The normalized spacial score (nSPS) is 11.8. The van der Waals surface area contributed by atoms with Gasteiger partial charge in [0.1, 0.15) is 12.4 Å². The van der Waals surface area contributed by atoms with Crippen molar-refractivity contribution >= 4 is 9.84 Å². The Kier molecular flexibility index (Phi) is 6.31. The van der Waals surface area contributed by atoms with Gasteiger partial charge >= 0.3 is 0 Å². The molecule has 0 aliphatic rings. The maximum Gasteiger partial charge on any atom is 0.150 e. The van der Waals surface area contributed by atoms with Crippen LogP contribution in [0.15, 0.2) is 24.3 Å². The van der Waals surface area contributed by atoms with Crippen molar-refractivity contribution in [3.8, 4) is 5.75 Å². The molecule has 0 spiro atoms. The molecule has 1 rings (SSSR count). The summed E-state index contributed by atoms with van der Waals surface area (Å²) in [6.45, 7) is 6.37. The predicted octanol–water partition coefficient (Wildman–Crippen LogP) is 1.86. The van der Waals surface area contributed by atoms with Crippen LogP contribution in [0.25, 0.3) is 0 Å². The minimum Gasteiger partial charge on any atom is -0.493 e. The van der Waals surface area contributed by atoms with E-state index in [1.807, 2.05) is 24.3 Å². The van der Waals surface area contributed by atoms with Crippen LogP contribution >= 0.6 is 0 Å². The number of nitrogens with one attached hydrogen (secondary N) is 1. The van der Waals surface area contributed by atoms with E-state index in [-0.39, 0.29) is 12.4 Å². The Morgan fingerprint density at radius 1 is 1.21 bits per heavy atom. The van der Waals surface area contributed by atoms with E-state index in [0.717, 1.165) is 13.1 Å². The minimum atomic E-state index is -2.96. The van der Waals surface area contributed by atoms with Gasteiger partial charge in [-0.3, -0.25) is 0 Å². The summed E-state index contributed by atoms with van der Waals surface area (Å²) in [7, 11) is -2.96. The second kappa shape index (κ2) is 7.50. The molecule has 0 aromatic heterocycles. The molecule has 0 aliphatic heterocycles. The first-order valence-electron chi connectivity index (χ1n) is 6.47. The Morgan fingerprint density at radius 2 is 1.84 bits per heavy atom. The fraction of sp³-hybridized carbons (Fsp3) is 0.571. The molecule has 0 radical (unpaired) electrons. The van der Waals surface area contributed by atoms with Gasteiger partial charge in [0.15, 0.2) is 9.84 Å². The molecule has 0 aliphatic carbocycles. The van der Waals surface area contributed by atoms with Gasteiger partial charge in [0.2, 0.25) is 0 Å². The molecule has 1 aromatic rings. The summed E-state index contributed by atoms with van der Waals surface area (Å²) < 4.78 is 27.3. The van der Waals surface area contributed by atoms with Crippen molar-refractivity contribution in [3.05, 3.63) is 29.8 Å². The Balaban J connectivity index is 2.35. The summed E-state index contributed by atoms with van der Waals surface area (Å²) in [5, 5.41) is 3.36. The summed E-state index contributed by atoms with van der Waals surface area (Å²) in [6, 6.07) is 7.72. The highest BCUT2D eigenvalue weighted by Crippen LogP contribution is 2.12.